The molecule has 42 heavy (non-hydrogen) atoms. The average molecular weight is 565 g/mol. The SMILES string of the molecule is Fc1cc2c(F)cc1-c1ccc(cc1)-c1ccc(cc1)-c1c(F)c(F)c(c(F)c1F)-c1ccc(cc1)-c1ccc-2cc1. The Morgan fingerprint density at radius 3 is 0.738 bits per heavy atom. The Morgan fingerprint density at radius 1 is 0.262 bits per heavy atom. The number of hydrogen-bond donors (Lipinski definition) is 0. The first-order chi connectivity index (χ1) is 20.3. The van der Waals surface area contributed by atoms with Gasteiger partial charge in [-0.2, -0.15) is 0 Å². The quantitative estimate of drug-likeness (QED) is 0.127. The fraction of sp³-hybridized carbons (Fsp3) is 0. The number of halogens is 6. The zero-order valence-corrected chi connectivity index (χ0v) is 21.7. The minimum Gasteiger partial charge on any atom is -0.206 e. The van der Waals surface area contributed by atoms with Gasteiger partial charge in [0.05, 0.1) is 11.1 Å². The molecule has 0 amide bonds. The van der Waals surface area contributed by atoms with E-state index in [2.05, 4.69) is 0 Å². The number of rotatable bonds is 0. The maximum atomic E-state index is 15.3. The summed E-state index contributed by atoms with van der Waals surface area (Å²) in [6.07, 6.45) is 0. The molecular weight excluding hydrogens is 546 g/mol. The molecule has 0 saturated heterocycles. The molecule has 16 aliphatic carbocycles. The average Bonchev–Trinajstić information content (AvgIpc) is 3.02. The van der Waals surface area contributed by atoms with Crippen molar-refractivity contribution in [2.24, 2.45) is 0 Å². The van der Waals surface area contributed by atoms with Crippen LogP contribution in [0.4, 0.5) is 26.3 Å². The minimum absolute atomic E-state index is 0.0411. The molecule has 0 spiro atoms. The zero-order chi connectivity index (χ0) is 29.1. The van der Waals surface area contributed by atoms with Gasteiger partial charge in [0.1, 0.15) is 11.6 Å². The van der Waals surface area contributed by atoms with Crippen LogP contribution in [0.3, 0.4) is 0 Å². The normalized spacial score (nSPS) is 11.6. The van der Waals surface area contributed by atoms with Gasteiger partial charge in [-0.15, -0.1) is 0 Å². The summed E-state index contributed by atoms with van der Waals surface area (Å²) in [5.74, 6) is -7.12. The second-order valence-corrected chi connectivity index (χ2v) is 10.1. The minimum atomic E-state index is -1.49. The Bertz CT molecular complexity index is 1810. The van der Waals surface area contributed by atoms with Crippen LogP contribution in [0.2, 0.25) is 0 Å². The molecular formula is C36H18F6. The van der Waals surface area contributed by atoms with Crippen molar-refractivity contribution in [3.05, 3.63) is 144 Å². The summed E-state index contributed by atoms with van der Waals surface area (Å²) < 4.78 is 91.6. The van der Waals surface area contributed by atoms with E-state index in [-0.39, 0.29) is 22.3 Å². The van der Waals surface area contributed by atoms with Gasteiger partial charge >= 0.3 is 0 Å². The van der Waals surface area contributed by atoms with Gasteiger partial charge in [-0.1, -0.05) is 97.1 Å². The Labute approximate surface area is 237 Å². The van der Waals surface area contributed by atoms with Crippen LogP contribution >= 0.6 is 0 Å². The van der Waals surface area contributed by atoms with Crippen molar-refractivity contribution < 1.29 is 26.3 Å². The van der Waals surface area contributed by atoms with Crippen LogP contribution in [0.25, 0.3) is 66.8 Å². The topological polar surface area (TPSA) is 0 Å². The van der Waals surface area contributed by atoms with Gasteiger partial charge < -0.3 is 0 Å². The Morgan fingerprint density at radius 2 is 0.476 bits per heavy atom. The third-order valence-electron chi connectivity index (χ3n) is 7.73. The van der Waals surface area contributed by atoms with Crippen LogP contribution in [0.1, 0.15) is 0 Å². The third kappa shape index (κ3) is 4.10. The molecule has 0 aromatic heterocycles. The van der Waals surface area contributed by atoms with Crippen molar-refractivity contribution in [1.29, 1.82) is 0 Å². The molecule has 6 heteroatoms. The zero-order valence-electron chi connectivity index (χ0n) is 21.7. The van der Waals surface area contributed by atoms with Gasteiger partial charge in [-0.05, 0) is 56.6 Å². The second kappa shape index (κ2) is 9.77. The fourth-order valence-electron chi connectivity index (χ4n) is 5.47. The molecule has 0 fully saturated rings. The van der Waals surface area contributed by atoms with Crippen molar-refractivity contribution in [1.82, 2.24) is 0 Å². The summed E-state index contributed by atoms with van der Waals surface area (Å²) in [7, 11) is 0. The van der Waals surface area contributed by atoms with Gasteiger partial charge in [-0.25, -0.2) is 26.3 Å². The van der Waals surface area contributed by atoms with Crippen LogP contribution in [-0.4, -0.2) is 0 Å². The molecule has 0 N–H and O–H groups in total. The predicted octanol–water partition coefficient (Wildman–Crippen LogP) is 10.8. The molecule has 0 nitrogen and oxygen atoms in total. The molecule has 0 radical (unpaired) electrons. The Balaban J connectivity index is 1.45. The van der Waals surface area contributed by atoms with E-state index in [0.29, 0.717) is 33.4 Å². The lowest BCUT2D eigenvalue weighted by atomic mass is 9.93. The van der Waals surface area contributed by atoms with Gasteiger partial charge in [0, 0.05) is 11.1 Å². The van der Waals surface area contributed by atoms with Crippen molar-refractivity contribution >= 4 is 0 Å². The van der Waals surface area contributed by atoms with Crippen LogP contribution in [0, 0.1) is 34.9 Å². The van der Waals surface area contributed by atoms with Gasteiger partial charge in [0.15, 0.2) is 23.3 Å². The number of hydrogen-bond acceptors (Lipinski definition) is 0. The van der Waals surface area contributed by atoms with Crippen molar-refractivity contribution in [2.75, 3.05) is 0 Å². The fourth-order valence-corrected chi connectivity index (χ4v) is 5.47. The largest absolute Gasteiger partial charge is 0.206 e. The Hall–Kier alpha value is -5.10. The van der Waals surface area contributed by atoms with E-state index in [0.717, 1.165) is 0 Å². The van der Waals surface area contributed by atoms with Crippen LogP contribution in [0.15, 0.2) is 109 Å². The maximum absolute atomic E-state index is 15.3. The molecule has 0 heterocycles. The summed E-state index contributed by atoms with van der Waals surface area (Å²) in [5, 5.41) is 0. The first kappa shape index (κ1) is 25.8. The first-order valence-electron chi connectivity index (χ1n) is 13.1. The molecule has 0 unspecified atom stereocenters. The van der Waals surface area contributed by atoms with Crippen molar-refractivity contribution in [2.45, 2.75) is 0 Å². The van der Waals surface area contributed by atoms with Gasteiger partial charge in [-0.3, -0.25) is 0 Å². The lowest BCUT2D eigenvalue weighted by Gasteiger charge is -2.14. The standard InChI is InChI=1S/C36H18F6/c37-29-18-28-24-11-3-20(4-12-24)22-7-15-26(16-8-22)32-35(41)33(39)31(34(40)36(32)42)25-13-5-21(6-14-25)19-1-9-23(10-2-19)27(29)17-30(28)38/h1-18H. The van der Waals surface area contributed by atoms with E-state index >= 15 is 26.3 Å². The summed E-state index contributed by atoms with van der Waals surface area (Å²) in [6.45, 7) is 0. The molecule has 0 aliphatic heterocycles. The Kier molecular flexibility index (Phi) is 6.01. The van der Waals surface area contributed by atoms with Gasteiger partial charge in [0.2, 0.25) is 0 Å². The molecule has 0 atom stereocenters. The molecule has 6 aromatic carbocycles. The highest BCUT2D eigenvalue weighted by atomic mass is 19.2. The molecule has 6 aromatic rings. The molecule has 204 valence electrons. The smallest absolute Gasteiger partial charge is 0.170 e. The van der Waals surface area contributed by atoms with Crippen LogP contribution < -0.4 is 0 Å². The summed E-state index contributed by atoms with van der Waals surface area (Å²) in [4.78, 5) is 0. The van der Waals surface area contributed by atoms with Gasteiger partial charge in [0.25, 0.3) is 0 Å². The summed E-state index contributed by atoms with van der Waals surface area (Å²) in [6, 6.07) is 27.4. The summed E-state index contributed by atoms with van der Waals surface area (Å²) >= 11 is 0. The van der Waals surface area contributed by atoms with E-state index in [1.807, 2.05) is 0 Å². The van der Waals surface area contributed by atoms with E-state index in [1.165, 1.54) is 36.4 Å². The lowest BCUT2D eigenvalue weighted by Crippen LogP contribution is -2.03. The van der Waals surface area contributed by atoms with E-state index in [1.54, 1.807) is 72.8 Å². The van der Waals surface area contributed by atoms with E-state index in [9.17, 15) is 0 Å². The van der Waals surface area contributed by atoms with Crippen molar-refractivity contribution in [3.63, 3.8) is 0 Å². The number of benzene rings is 6. The van der Waals surface area contributed by atoms with Crippen LogP contribution in [0.5, 0.6) is 0 Å². The molecule has 12 bridgehead atoms. The highest BCUT2D eigenvalue weighted by Crippen LogP contribution is 2.39. The maximum Gasteiger partial charge on any atom is 0.170 e. The third-order valence-corrected chi connectivity index (χ3v) is 7.73. The second-order valence-electron chi connectivity index (χ2n) is 10.1. The molecule has 16 aliphatic rings. The highest BCUT2D eigenvalue weighted by Gasteiger charge is 2.27. The molecule has 22 rings (SSSR count). The van der Waals surface area contributed by atoms with E-state index < -0.39 is 46.0 Å². The van der Waals surface area contributed by atoms with Crippen molar-refractivity contribution in [3.8, 4) is 66.8 Å². The van der Waals surface area contributed by atoms with Crippen LogP contribution in [-0.2, 0) is 0 Å². The predicted molar refractivity (Wildman–Crippen MR) is 152 cm³/mol. The highest BCUT2D eigenvalue weighted by molar-refractivity contribution is 5.79. The first-order valence-corrected chi connectivity index (χ1v) is 13.1. The monoisotopic (exact) mass is 564 g/mol. The molecule has 0 saturated carbocycles. The van der Waals surface area contributed by atoms with E-state index in [4.69, 9.17) is 0 Å². The lowest BCUT2D eigenvalue weighted by molar-refractivity contribution is 0.463. The summed E-state index contributed by atoms with van der Waals surface area (Å²) in [5.41, 5.74) is 2.09.